The lowest BCUT2D eigenvalue weighted by Crippen LogP contribution is -2.02. The maximum absolute atomic E-state index is 13.4. The summed E-state index contributed by atoms with van der Waals surface area (Å²) in [4.78, 5) is 4.25. The van der Waals surface area contributed by atoms with E-state index in [2.05, 4.69) is 4.98 Å². The molecule has 90 valence electrons. The third-order valence-corrected chi connectivity index (χ3v) is 3.00. The number of nitrogens with zero attached hydrogens (tertiary/aromatic N) is 2. The van der Waals surface area contributed by atoms with Crippen LogP contribution in [0.1, 0.15) is 5.56 Å². The zero-order valence-corrected chi connectivity index (χ0v) is 9.89. The van der Waals surface area contributed by atoms with Crippen LogP contribution in [0.4, 0.5) is 10.3 Å². The summed E-state index contributed by atoms with van der Waals surface area (Å²) in [6.45, 7) is 1.99. The number of benzene rings is 2. The number of imidazole rings is 1. The molecule has 18 heavy (non-hydrogen) atoms. The number of aromatic nitrogens is 2. The van der Waals surface area contributed by atoms with Gasteiger partial charge in [-0.1, -0.05) is 18.2 Å². The molecule has 4 heteroatoms. The molecule has 0 spiro atoms. The van der Waals surface area contributed by atoms with Crippen molar-refractivity contribution in [2.75, 3.05) is 5.73 Å². The van der Waals surface area contributed by atoms with Crippen molar-refractivity contribution in [1.29, 1.82) is 0 Å². The van der Waals surface area contributed by atoms with Crippen molar-refractivity contribution in [2.45, 2.75) is 6.92 Å². The molecule has 2 aromatic carbocycles. The lowest BCUT2D eigenvalue weighted by Gasteiger charge is -2.09. The van der Waals surface area contributed by atoms with E-state index in [0.717, 1.165) is 11.3 Å². The van der Waals surface area contributed by atoms with Gasteiger partial charge < -0.3 is 5.73 Å². The zero-order valence-electron chi connectivity index (χ0n) is 9.89. The fourth-order valence-corrected chi connectivity index (χ4v) is 2.13. The molecule has 2 N–H and O–H groups in total. The molecule has 0 atom stereocenters. The Hall–Kier alpha value is -2.36. The van der Waals surface area contributed by atoms with Gasteiger partial charge in [0.15, 0.2) is 0 Å². The second-order valence-corrected chi connectivity index (χ2v) is 4.22. The van der Waals surface area contributed by atoms with Gasteiger partial charge in [-0.3, -0.25) is 4.57 Å². The summed E-state index contributed by atoms with van der Waals surface area (Å²) in [6.07, 6.45) is 0. The van der Waals surface area contributed by atoms with Crippen molar-refractivity contribution in [3.63, 3.8) is 0 Å². The van der Waals surface area contributed by atoms with E-state index < -0.39 is 0 Å². The molecule has 0 bridgehead atoms. The molecular formula is C14H12FN3. The lowest BCUT2D eigenvalue weighted by molar-refractivity contribution is 0.629. The van der Waals surface area contributed by atoms with E-state index in [1.165, 1.54) is 12.1 Å². The number of hydrogen-bond donors (Lipinski definition) is 1. The summed E-state index contributed by atoms with van der Waals surface area (Å²) in [7, 11) is 0. The molecule has 0 aliphatic carbocycles. The van der Waals surface area contributed by atoms with E-state index in [-0.39, 0.29) is 5.82 Å². The fraction of sp³-hybridized carbons (Fsp3) is 0.0714. The van der Waals surface area contributed by atoms with Crippen molar-refractivity contribution in [1.82, 2.24) is 9.55 Å². The molecule has 1 aromatic heterocycles. The van der Waals surface area contributed by atoms with Gasteiger partial charge in [0.1, 0.15) is 5.82 Å². The number of fused-ring (bicyclic) bond motifs is 1. The maximum Gasteiger partial charge on any atom is 0.205 e. The average molecular weight is 241 g/mol. The standard InChI is InChI=1S/C14H12FN3/c1-9-4-2-3-5-12(9)18-13-8-10(15)6-7-11(13)17-14(18)16/h2-8H,1H3,(H2,16,17). The minimum atomic E-state index is -0.294. The van der Waals surface area contributed by atoms with E-state index in [1.807, 2.05) is 31.2 Å². The number of nitrogen functional groups attached to an aromatic ring is 1. The molecular weight excluding hydrogens is 229 g/mol. The van der Waals surface area contributed by atoms with Crippen LogP contribution in [-0.2, 0) is 0 Å². The van der Waals surface area contributed by atoms with Crippen LogP contribution in [0.3, 0.4) is 0 Å². The molecule has 0 fully saturated rings. The highest BCUT2D eigenvalue weighted by molar-refractivity contribution is 5.81. The first-order valence-electron chi connectivity index (χ1n) is 5.66. The summed E-state index contributed by atoms with van der Waals surface area (Å²) in [5.74, 6) is 0.0714. The van der Waals surface area contributed by atoms with Crippen LogP contribution in [0.15, 0.2) is 42.5 Å². The first kappa shape index (κ1) is 10.8. The SMILES string of the molecule is Cc1ccccc1-n1c(N)nc2ccc(F)cc21. The second-order valence-electron chi connectivity index (χ2n) is 4.22. The van der Waals surface area contributed by atoms with Crippen molar-refractivity contribution in [2.24, 2.45) is 0 Å². The molecule has 3 aromatic rings. The first-order chi connectivity index (χ1) is 8.66. The van der Waals surface area contributed by atoms with Crippen molar-refractivity contribution < 1.29 is 4.39 Å². The summed E-state index contributed by atoms with van der Waals surface area (Å²) >= 11 is 0. The van der Waals surface area contributed by atoms with E-state index in [1.54, 1.807) is 10.6 Å². The van der Waals surface area contributed by atoms with Gasteiger partial charge in [0.05, 0.1) is 16.7 Å². The van der Waals surface area contributed by atoms with Gasteiger partial charge in [-0.05, 0) is 30.7 Å². The van der Waals surface area contributed by atoms with Gasteiger partial charge >= 0.3 is 0 Å². The van der Waals surface area contributed by atoms with Crippen molar-refractivity contribution >= 4 is 17.0 Å². The fourth-order valence-electron chi connectivity index (χ4n) is 2.13. The first-order valence-corrected chi connectivity index (χ1v) is 5.66. The molecule has 0 amide bonds. The van der Waals surface area contributed by atoms with Crippen LogP contribution in [0.5, 0.6) is 0 Å². The Balaban J connectivity index is 2.38. The van der Waals surface area contributed by atoms with Gasteiger partial charge in [-0.25, -0.2) is 9.37 Å². The topological polar surface area (TPSA) is 43.8 Å². The Labute approximate surface area is 104 Å². The number of nitrogens with two attached hydrogens (primary N) is 1. The number of halogens is 1. The summed E-state index contributed by atoms with van der Waals surface area (Å²) < 4.78 is 15.1. The van der Waals surface area contributed by atoms with Crippen LogP contribution in [0.25, 0.3) is 16.7 Å². The van der Waals surface area contributed by atoms with Crippen LogP contribution in [0.2, 0.25) is 0 Å². The number of para-hydroxylation sites is 1. The highest BCUT2D eigenvalue weighted by Gasteiger charge is 2.11. The van der Waals surface area contributed by atoms with Gasteiger partial charge in [-0.15, -0.1) is 0 Å². The Morgan fingerprint density at radius 3 is 2.72 bits per heavy atom. The van der Waals surface area contributed by atoms with E-state index in [9.17, 15) is 4.39 Å². The monoisotopic (exact) mass is 241 g/mol. The highest BCUT2D eigenvalue weighted by Crippen LogP contribution is 2.25. The molecule has 0 unspecified atom stereocenters. The Morgan fingerprint density at radius 2 is 1.94 bits per heavy atom. The number of aryl methyl sites for hydroxylation is 1. The van der Waals surface area contributed by atoms with Crippen LogP contribution in [-0.4, -0.2) is 9.55 Å². The van der Waals surface area contributed by atoms with Crippen LogP contribution in [0, 0.1) is 12.7 Å². The van der Waals surface area contributed by atoms with E-state index >= 15 is 0 Å². The number of hydrogen-bond acceptors (Lipinski definition) is 2. The van der Waals surface area contributed by atoms with Crippen LogP contribution >= 0.6 is 0 Å². The van der Waals surface area contributed by atoms with Crippen LogP contribution < -0.4 is 5.73 Å². The normalized spacial score (nSPS) is 11.0. The molecule has 0 radical (unpaired) electrons. The average Bonchev–Trinajstić information content (AvgIpc) is 2.66. The quantitative estimate of drug-likeness (QED) is 0.711. The molecule has 0 saturated carbocycles. The van der Waals surface area contributed by atoms with Gasteiger partial charge in [0, 0.05) is 6.07 Å². The van der Waals surface area contributed by atoms with Gasteiger partial charge in [0.2, 0.25) is 5.95 Å². The second kappa shape index (κ2) is 3.84. The molecule has 0 aliphatic heterocycles. The summed E-state index contributed by atoms with van der Waals surface area (Å²) in [6, 6.07) is 12.3. The largest absolute Gasteiger partial charge is 0.369 e. The Morgan fingerprint density at radius 1 is 1.17 bits per heavy atom. The van der Waals surface area contributed by atoms with E-state index in [0.29, 0.717) is 17.0 Å². The molecule has 3 rings (SSSR count). The molecule has 3 nitrogen and oxygen atoms in total. The van der Waals surface area contributed by atoms with Crippen molar-refractivity contribution in [3.8, 4) is 5.69 Å². The Bertz CT molecular complexity index is 731. The number of rotatable bonds is 1. The molecule has 1 heterocycles. The predicted molar refractivity (Wildman–Crippen MR) is 70.2 cm³/mol. The summed E-state index contributed by atoms with van der Waals surface area (Å²) in [5, 5.41) is 0. The maximum atomic E-state index is 13.4. The minimum Gasteiger partial charge on any atom is -0.369 e. The number of anilines is 1. The molecule has 0 aliphatic rings. The zero-order chi connectivity index (χ0) is 12.7. The third-order valence-electron chi connectivity index (χ3n) is 3.00. The minimum absolute atomic E-state index is 0.294. The third kappa shape index (κ3) is 1.54. The van der Waals surface area contributed by atoms with Crippen molar-refractivity contribution in [3.05, 3.63) is 53.8 Å². The summed E-state index contributed by atoms with van der Waals surface area (Å²) in [5.41, 5.74) is 9.29. The smallest absolute Gasteiger partial charge is 0.205 e. The highest BCUT2D eigenvalue weighted by atomic mass is 19.1. The van der Waals surface area contributed by atoms with E-state index in [4.69, 9.17) is 5.73 Å². The van der Waals surface area contributed by atoms with Gasteiger partial charge in [-0.2, -0.15) is 0 Å². The molecule has 0 saturated heterocycles. The predicted octanol–water partition coefficient (Wildman–Crippen LogP) is 3.06. The lowest BCUT2D eigenvalue weighted by atomic mass is 10.2. The van der Waals surface area contributed by atoms with Gasteiger partial charge in [0.25, 0.3) is 0 Å². The Kier molecular flexibility index (Phi) is 2.30.